The largest absolute Gasteiger partial charge is 0.490 e. The molecule has 16 nitrogen and oxygen atoms in total. The van der Waals surface area contributed by atoms with Gasteiger partial charge in [0, 0.05) is 12.3 Å². The van der Waals surface area contributed by atoms with Crippen molar-refractivity contribution >= 4 is 35.1 Å². The monoisotopic (exact) mass is 548 g/mol. The van der Waals surface area contributed by atoms with E-state index in [-0.39, 0.29) is 0 Å². The number of rotatable bonds is 9. The Labute approximate surface area is 181 Å². The number of phosphoric ester groups is 1. The lowest BCUT2D eigenvalue weighted by atomic mass is 9.91. The third-order valence-electron chi connectivity index (χ3n) is 4.08. The molecule has 1 aromatic heterocycles. The Morgan fingerprint density at radius 2 is 1.81 bits per heavy atom. The van der Waals surface area contributed by atoms with Gasteiger partial charge in [0.1, 0.15) is 17.7 Å². The molecule has 0 amide bonds. The van der Waals surface area contributed by atoms with Gasteiger partial charge in [0.25, 0.3) is 5.56 Å². The van der Waals surface area contributed by atoms with Gasteiger partial charge >= 0.3 is 29.2 Å². The fourth-order valence-corrected chi connectivity index (χ4v) is 6.17. The van der Waals surface area contributed by atoms with Gasteiger partial charge in [-0.1, -0.05) is 0 Å². The van der Waals surface area contributed by atoms with Crippen LogP contribution < -0.4 is 11.2 Å². The molecule has 0 saturated carbocycles. The number of phosphoric acid groups is 3. The maximum Gasteiger partial charge on any atom is 0.490 e. The van der Waals surface area contributed by atoms with Crippen molar-refractivity contribution in [3.05, 3.63) is 33.1 Å². The van der Waals surface area contributed by atoms with Crippen LogP contribution >= 0.6 is 35.1 Å². The van der Waals surface area contributed by atoms with Crippen molar-refractivity contribution in [1.82, 2.24) is 9.55 Å². The summed E-state index contributed by atoms with van der Waals surface area (Å²) in [6, 6.07) is 0.894. The minimum Gasteiger partial charge on any atom is -0.388 e. The molecule has 6 unspecified atom stereocenters. The van der Waals surface area contributed by atoms with E-state index in [9.17, 15) is 37.7 Å². The molecule has 2 heterocycles. The fraction of sp³-hybridized carbons (Fsp3) is 0.636. The molecule has 0 radical (unpaired) electrons. The first-order chi connectivity index (χ1) is 14.3. The normalized spacial score (nSPS) is 32.4. The first kappa shape index (κ1) is 27.5. The zero-order valence-electron chi connectivity index (χ0n) is 15.7. The van der Waals surface area contributed by atoms with Gasteiger partial charge in [-0.15, -0.1) is 11.6 Å². The SMILES string of the molecule is CC1(Cl)C(n2ccc(=O)[nH]c2=O)OC(CF)(COP(=O)(O)OP(=O)(O)OP(=O)(O)O)C1O. The van der Waals surface area contributed by atoms with Crippen LogP contribution in [0.5, 0.6) is 0 Å². The van der Waals surface area contributed by atoms with E-state index in [1.807, 2.05) is 4.98 Å². The smallest absolute Gasteiger partial charge is 0.388 e. The number of halogens is 2. The predicted octanol–water partition coefficient (Wildman–Crippen LogP) is -0.525. The summed E-state index contributed by atoms with van der Waals surface area (Å²) in [7, 11) is -17.2. The molecule has 6 N–H and O–H groups in total. The van der Waals surface area contributed by atoms with Crippen LogP contribution in [0.3, 0.4) is 0 Å². The van der Waals surface area contributed by atoms with E-state index in [0.29, 0.717) is 4.57 Å². The Morgan fingerprint density at radius 1 is 1.22 bits per heavy atom. The van der Waals surface area contributed by atoms with E-state index in [1.54, 1.807) is 0 Å². The molecule has 0 aliphatic carbocycles. The molecule has 1 aliphatic heterocycles. The number of aromatic nitrogens is 2. The van der Waals surface area contributed by atoms with Crippen LogP contribution in [0.15, 0.2) is 21.9 Å². The van der Waals surface area contributed by atoms with Crippen LogP contribution in [0.25, 0.3) is 0 Å². The molecule has 32 heavy (non-hydrogen) atoms. The average molecular weight is 549 g/mol. The standard InChI is InChI=1S/C11H17ClFN2O14P3/c1-10(12)7(17)11(4-13,27-8(10)15-3-2-6(16)14-9(15)18)5-26-31(22,23)29-32(24,25)28-30(19,20)21/h2-3,7-8,17H,4-5H2,1H3,(H,22,23)(H,24,25)(H,14,16,18)(H2,19,20,21). The molecule has 1 saturated heterocycles. The number of nitrogens with one attached hydrogen (secondary N) is 1. The minimum absolute atomic E-state index is 0.694. The highest BCUT2D eigenvalue weighted by atomic mass is 35.5. The van der Waals surface area contributed by atoms with E-state index < -0.39 is 70.8 Å². The van der Waals surface area contributed by atoms with Crippen molar-refractivity contribution in [2.24, 2.45) is 0 Å². The molecule has 0 aromatic carbocycles. The number of ether oxygens (including phenoxy) is 1. The van der Waals surface area contributed by atoms with Gasteiger partial charge in [0.05, 0.1) is 6.61 Å². The Kier molecular flexibility index (Phi) is 7.83. The maximum atomic E-state index is 13.9. The van der Waals surface area contributed by atoms with Gasteiger partial charge in [-0.2, -0.15) is 8.62 Å². The molecule has 0 bridgehead atoms. The second-order valence-electron chi connectivity index (χ2n) is 6.60. The van der Waals surface area contributed by atoms with Crippen molar-refractivity contribution in [2.75, 3.05) is 13.3 Å². The number of aliphatic hydroxyl groups is 1. The van der Waals surface area contributed by atoms with Crippen molar-refractivity contribution < 1.29 is 60.6 Å². The third kappa shape index (κ3) is 6.21. The summed E-state index contributed by atoms with van der Waals surface area (Å²) >= 11 is 6.22. The van der Waals surface area contributed by atoms with Gasteiger partial charge in [0.15, 0.2) is 11.8 Å². The van der Waals surface area contributed by atoms with Crippen LogP contribution in [0.1, 0.15) is 13.2 Å². The minimum atomic E-state index is -5.84. The summed E-state index contributed by atoms with van der Waals surface area (Å²) < 4.78 is 65.2. The Bertz CT molecular complexity index is 1120. The summed E-state index contributed by atoms with van der Waals surface area (Å²) in [5.74, 6) is 0. The molecule has 1 fully saturated rings. The van der Waals surface area contributed by atoms with Gasteiger partial charge in [-0.25, -0.2) is 22.9 Å². The lowest BCUT2D eigenvalue weighted by Gasteiger charge is -2.30. The Hall–Kier alpha value is -0.770. The first-order valence-electron chi connectivity index (χ1n) is 8.05. The lowest BCUT2D eigenvalue weighted by molar-refractivity contribution is -0.135. The molecule has 21 heteroatoms. The van der Waals surface area contributed by atoms with Crippen molar-refractivity contribution in [3.63, 3.8) is 0 Å². The third-order valence-corrected chi connectivity index (χ3v) is 8.26. The molecular formula is C11H17ClFN2O14P3. The molecule has 2 rings (SSSR count). The summed E-state index contributed by atoms with van der Waals surface area (Å²) in [4.78, 5) is 58.9. The van der Waals surface area contributed by atoms with E-state index in [4.69, 9.17) is 31.0 Å². The van der Waals surface area contributed by atoms with Gasteiger partial charge in [-0.05, 0) is 6.92 Å². The highest BCUT2D eigenvalue weighted by molar-refractivity contribution is 7.66. The molecule has 6 atom stereocenters. The lowest BCUT2D eigenvalue weighted by Crippen LogP contribution is -2.51. The van der Waals surface area contributed by atoms with Gasteiger partial charge in [-0.3, -0.25) is 18.9 Å². The zero-order valence-corrected chi connectivity index (χ0v) is 19.1. The van der Waals surface area contributed by atoms with Crippen molar-refractivity contribution in [2.45, 2.75) is 29.7 Å². The summed E-state index contributed by atoms with van der Waals surface area (Å²) in [6.45, 7) is -1.89. The highest BCUT2D eigenvalue weighted by Gasteiger charge is 2.63. The molecule has 1 aliphatic rings. The number of nitrogens with zero attached hydrogens (tertiary/aromatic N) is 1. The number of H-pyrrole nitrogens is 1. The highest BCUT2D eigenvalue weighted by Crippen LogP contribution is 2.66. The predicted molar refractivity (Wildman–Crippen MR) is 100 cm³/mol. The second-order valence-corrected chi connectivity index (χ2v) is 11.8. The molecule has 184 valence electrons. The summed E-state index contributed by atoms with van der Waals surface area (Å²) in [5, 5.41) is 10.5. The average Bonchev–Trinajstić information content (AvgIpc) is 2.78. The van der Waals surface area contributed by atoms with Gasteiger partial charge in [0.2, 0.25) is 0 Å². The number of hydrogen-bond acceptors (Lipinski definition) is 10. The van der Waals surface area contributed by atoms with E-state index in [0.717, 1.165) is 19.2 Å². The first-order valence-corrected chi connectivity index (χ1v) is 12.9. The number of alkyl halides is 2. The van der Waals surface area contributed by atoms with Crippen LogP contribution in [0, 0.1) is 0 Å². The number of aliphatic hydroxyl groups excluding tert-OH is 1. The topological polar surface area (TPSA) is 244 Å². The molecule has 0 spiro atoms. The van der Waals surface area contributed by atoms with Crippen LogP contribution in [-0.2, 0) is 31.6 Å². The van der Waals surface area contributed by atoms with Crippen molar-refractivity contribution in [3.8, 4) is 0 Å². The van der Waals surface area contributed by atoms with Crippen LogP contribution in [0.4, 0.5) is 4.39 Å². The number of aromatic amines is 1. The van der Waals surface area contributed by atoms with Gasteiger partial charge < -0.3 is 29.4 Å². The molecular weight excluding hydrogens is 531 g/mol. The van der Waals surface area contributed by atoms with E-state index in [1.165, 1.54) is 0 Å². The zero-order chi connectivity index (χ0) is 24.8. The Balaban J connectivity index is 2.28. The number of hydrogen-bond donors (Lipinski definition) is 6. The second kappa shape index (κ2) is 9.12. The van der Waals surface area contributed by atoms with Crippen LogP contribution in [-0.4, -0.2) is 64.1 Å². The maximum absolute atomic E-state index is 13.9. The summed E-state index contributed by atoms with van der Waals surface area (Å²) in [6.07, 6.45) is -2.77. The van der Waals surface area contributed by atoms with Crippen molar-refractivity contribution in [1.29, 1.82) is 0 Å². The quantitative estimate of drug-likeness (QED) is 0.168. The van der Waals surface area contributed by atoms with Crippen LogP contribution in [0.2, 0.25) is 0 Å². The van der Waals surface area contributed by atoms with E-state index in [2.05, 4.69) is 13.1 Å². The Morgan fingerprint density at radius 3 is 2.31 bits per heavy atom. The fourth-order valence-electron chi connectivity index (χ4n) is 2.74. The molecule has 1 aromatic rings. The van der Waals surface area contributed by atoms with E-state index >= 15 is 0 Å². The summed E-state index contributed by atoms with van der Waals surface area (Å²) in [5.41, 5.74) is -4.38.